The minimum absolute atomic E-state index is 0.120. The highest BCUT2D eigenvalue weighted by atomic mass is 32.2. The molecule has 0 radical (unpaired) electrons. The van der Waals surface area contributed by atoms with Crippen molar-refractivity contribution >= 4 is 28.5 Å². The molecule has 0 aliphatic rings. The summed E-state index contributed by atoms with van der Waals surface area (Å²) in [4.78, 5) is 10.4. The first-order chi connectivity index (χ1) is 6.50. The average Bonchev–Trinajstić information content (AvgIpc) is 2.49. The third kappa shape index (κ3) is 2.93. The van der Waals surface area contributed by atoms with Gasteiger partial charge in [-0.15, -0.1) is 5.10 Å². The molecule has 78 valence electrons. The van der Waals surface area contributed by atoms with Gasteiger partial charge in [-0.05, 0) is 25.2 Å². The van der Waals surface area contributed by atoms with Crippen LogP contribution in [0.4, 0.5) is 0 Å². The zero-order valence-electron chi connectivity index (χ0n) is 7.76. The number of aromatic nitrogens is 2. The first-order valence-corrected chi connectivity index (χ1v) is 5.96. The molecule has 1 heterocycles. The summed E-state index contributed by atoms with van der Waals surface area (Å²) in [5.41, 5.74) is 0. The summed E-state index contributed by atoms with van der Waals surface area (Å²) in [7, 11) is 0. The summed E-state index contributed by atoms with van der Waals surface area (Å²) in [5, 5.41) is 16.3. The number of carboxylic acids is 1. The van der Waals surface area contributed by atoms with Gasteiger partial charge >= 0.3 is 10.3 Å². The van der Waals surface area contributed by atoms with Gasteiger partial charge < -0.3 is 9.66 Å². The van der Waals surface area contributed by atoms with Gasteiger partial charge in [0.05, 0.1) is 6.42 Å². The van der Waals surface area contributed by atoms with Crippen molar-refractivity contribution in [2.24, 2.45) is 0 Å². The Morgan fingerprint density at radius 1 is 1.71 bits per heavy atom. The van der Waals surface area contributed by atoms with Crippen LogP contribution in [0.5, 0.6) is 0 Å². The molecule has 0 aromatic carbocycles. The predicted molar refractivity (Wildman–Crippen MR) is 52.8 cm³/mol. The Labute approximate surface area is 88.4 Å². The molecule has 0 spiro atoms. The van der Waals surface area contributed by atoms with Crippen molar-refractivity contribution < 1.29 is 14.5 Å². The van der Waals surface area contributed by atoms with E-state index in [9.17, 15) is 9.35 Å². The molecule has 5 nitrogen and oxygen atoms in total. The number of rotatable bonds is 4. The second-order valence-electron chi connectivity index (χ2n) is 2.79. The number of nitrogens with zero attached hydrogens (tertiary/aromatic N) is 2. The normalized spacial score (nSPS) is 15.1. The molecule has 0 amide bonds. The number of hydrogen-bond donors (Lipinski definition) is 1. The van der Waals surface area contributed by atoms with Crippen molar-refractivity contribution in [2.45, 2.75) is 29.9 Å². The summed E-state index contributed by atoms with van der Waals surface area (Å²) in [6.07, 6.45) is -0.120. The summed E-state index contributed by atoms with van der Waals surface area (Å²) in [6.45, 7) is 3.39. The molecule has 0 aliphatic heterocycles. The maximum atomic E-state index is 11.6. The second kappa shape index (κ2) is 4.72. The second-order valence-corrected chi connectivity index (χ2v) is 6.02. The molecule has 1 N–H and O–H groups in total. The molecule has 0 aliphatic carbocycles. The van der Waals surface area contributed by atoms with E-state index in [1.165, 1.54) is 11.3 Å². The quantitative estimate of drug-likeness (QED) is 0.779. The van der Waals surface area contributed by atoms with Crippen LogP contribution in [0.2, 0.25) is 0 Å². The van der Waals surface area contributed by atoms with Crippen molar-refractivity contribution in [1.29, 1.82) is 0 Å². The lowest BCUT2D eigenvalue weighted by atomic mass is 10.3. The third-order valence-corrected chi connectivity index (χ3v) is 4.21. The van der Waals surface area contributed by atoms with Crippen LogP contribution in [0.3, 0.4) is 0 Å². The summed E-state index contributed by atoms with van der Waals surface area (Å²) in [6, 6.07) is 0. The molecule has 1 aromatic rings. The van der Waals surface area contributed by atoms with Crippen molar-refractivity contribution in [2.75, 3.05) is 0 Å². The van der Waals surface area contributed by atoms with Crippen molar-refractivity contribution in [3.63, 3.8) is 0 Å². The molecular formula is C7H10N2O3S2. The van der Waals surface area contributed by atoms with E-state index in [1.54, 1.807) is 13.8 Å². The zero-order valence-corrected chi connectivity index (χ0v) is 9.39. The minimum atomic E-state index is -1.36. The maximum absolute atomic E-state index is 11.6. The monoisotopic (exact) mass is 234 g/mol. The lowest BCUT2D eigenvalue weighted by Gasteiger charge is -2.12. The van der Waals surface area contributed by atoms with Gasteiger partial charge in [0.15, 0.2) is 0 Å². The van der Waals surface area contributed by atoms with E-state index >= 15 is 0 Å². The van der Waals surface area contributed by atoms with E-state index < -0.39 is 22.4 Å². The van der Waals surface area contributed by atoms with E-state index in [4.69, 9.17) is 5.11 Å². The van der Waals surface area contributed by atoms with Crippen LogP contribution < -0.4 is 0 Å². The third-order valence-electron chi connectivity index (χ3n) is 1.51. The molecule has 14 heavy (non-hydrogen) atoms. The van der Waals surface area contributed by atoms with Gasteiger partial charge in [-0.1, -0.05) is 5.10 Å². The Bertz CT molecular complexity index is 328. The minimum Gasteiger partial charge on any atom is -0.609 e. The molecule has 1 aromatic heterocycles. The van der Waals surface area contributed by atoms with Gasteiger partial charge in [0.1, 0.15) is 10.3 Å². The molecular weight excluding hydrogens is 224 g/mol. The Kier molecular flexibility index (Phi) is 3.85. The molecule has 1 rings (SSSR count). The number of aliphatic carboxylic acids is 1. The molecule has 0 bridgehead atoms. The van der Waals surface area contributed by atoms with E-state index in [0.717, 1.165) is 5.01 Å². The average molecular weight is 234 g/mol. The van der Waals surface area contributed by atoms with Gasteiger partial charge in [0.25, 0.3) is 0 Å². The highest BCUT2D eigenvalue weighted by Crippen LogP contribution is 2.21. The Morgan fingerprint density at radius 2 is 2.36 bits per heavy atom. The smallest absolute Gasteiger partial charge is 0.322 e. The van der Waals surface area contributed by atoms with Crippen LogP contribution >= 0.6 is 11.3 Å². The van der Waals surface area contributed by atoms with Crippen LogP contribution in [-0.4, -0.2) is 31.1 Å². The van der Waals surface area contributed by atoms with E-state index in [2.05, 4.69) is 10.2 Å². The number of carbonyl (C=O) groups is 1. The van der Waals surface area contributed by atoms with Crippen molar-refractivity contribution in [3.8, 4) is 0 Å². The van der Waals surface area contributed by atoms with Crippen LogP contribution in [-0.2, 0) is 16.0 Å². The Balaban J connectivity index is 2.65. The highest BCUT2D eigenvalue weighted by Gasteiger charge is 2.26. The largest absolute Gasteiger partial charge is 0.609 e. The van der Waals surface area contributed by atoms with Gasteiger partial charge in [0.2, 0.25) is 0 Å². The van der Waals surface area contributed by atoms with Gasteiger partial charge in [0, 0.05) is 11.2 Å². The molecule has 0 saturated heterocycles. The topological polar surface area (TPSA) is 86.1 Å². The lowest BCUT2D eigenvalue weighted by molar-refractivity contribution is -0.136. The van der Waals surface area contributed by atoms with Crippen LogP contribution in [0.15, 0.2) is 4.34 Å². The van der Waals surface area contributed by atoms with Crippen molar-refractivity contribution in [3.05, 3.63) is 5.01 Å². The highest BCUT2D eigenvalue weighted by molar-refractivity contribution is 7.93. The Morgan fingerprint density at radius 3 is 2.79 bits per heavy atom. The molecule has 7 heteroatoms. The molecule has 0 saturated carbocycles. The fraction of sp³-hybridized carbons (Fsp3) is 0.571. The van der Waals surface area contributed by atoms with Crippen LogP contribution in [0.1, 0.15) is 18.4 Å². The fourth-order valence-corrected chi connectivity index (χ4v) is 3.21. The Hall–Kier alpha value is -0.660. The molecule has 0 fully saturated rings. The number of hydrogen-bond acceptors (Lipinski definition) is 5. The fourth-order valence-electron chi connectivity index (χ4n) is 0.853. The standard InChI is InChI=1S/C7H10N2O3S2/c1-4(3-6(10)11)14(12)7-9-8-5(2)13-7/h4H,3H2,1-2H3,(H,10,11). The van der Waals surface area contributed by atoms with E-state index in [0.29, 0.717) is 4.34 Å². The first-order valence-electron chi connectivity index (χ1n) is 3.93. The molecule has 2 unspecified atom stereocenters. The zero-order chi connectivity index (χ0) is 10.7. The number of aryl methyl sites for hydroxylation is 1. The lowest BCUT2D eigenvalue weighted by Crippen LogP contribution is -2.21. The van der Waals surface area contributed by atoms with Crippen molar-refractivity contribution in [1.82, 2.24) is 10.2 Å². The summed E-state index contributed by atoms with van der Waals surface area (Å²) >= 11 is -0.128. The van der Waals surface area contributed by atoms with Gasteiger partial charge in [-0.25, -0.2) is 0 Å². The summed E-state index contributed by atoms with van der Waals surface area (Å²) in [5.74, 6) is -0.952. The number of carboxylic acid groups (broad SMARTS) is 1. The predicted octanol–water partition coefficient (Wildman–Crippen LogP) is 0.817. The van der Waals surface area contributed by atoms with E-state index in [1.807, 2.05) is 0 Å². The van der Waals surface area contributed by atoms with Gasteiger partial charge in [-0.2, -0.15) is 0 Å². The SMILES string of the molecule is Cc1nnc([S+]([O-])C(C)CC(=O)O)s1. The summed E-state index contributed by atoms with van der Waals surface area (Å²) < 4.78 is 12.0. The van der Waals surface area contributed by atoms with Crippen LogP contribution in [0.25, 0.3) is 0 Å². The maximum Gasteiger partial charge on any atom is 0.322 e. The first kappa shape index (κ1) is 11.4. The van der Waals surface area contributed by atoms with Crippen LogP contribution in [0, 0.1) is 6.92 Å². The molecule has 2 atom stereocenters. The van der Waals surface area contributed by atoms with E-state index in [-0.39, 0.29) is 6.42 Å². The van der Waals surface area contributed by atoms with Gasteiger partial charge in [-0.3, -0.25) is 4.79 Å².